The predicted octanol–water partition coefficient (Wildman–Crippen LogP) is 3.61. The highest BCUT2D eigenvalue weighted by molar-refractivity contribution is 9.10. The van der Waals surface area contributed by atoms with Gasteiger partial charge in [-0.25, -0.2) is 0 Å². The highest BCUT2D eigenvalue weighted by Crippen LogP contribution is 2.46. The van der Waals surface area contributed by atoms with Crippen molar-refractivity contribution in [2.75, 3.05) is 6.61 Å². The first-order valence-corrected chi connectivity index (χ1v) is 6.72. The summed E-state index contributed by atoms with van der Waals surface area (Å²) in [7, 11) is 0. The third-order valence-corrected chi connectivity index (χ3v) is 4.00. The van der Waals surface area contributed by atoms with Crippen LogP contribution in [-0.2, 0) is 11.2 Å². The molecule has 0 aliphatic carbocycles. The maximum atomic E-state index is 10.2. The average molecular weight is 309 g/mol. The van der Waals surface area contributed by atoms with E-state index in [0.717, 1.165) is 22.1 Å². The minimum atomic E-state index is -0.258. The molecule has 94 valence electrons. The number of ether oxygens (including phenoxy) is 2. The van der Waals surface area contributed by atoms with E-state index in [1.165, 1.54) is 0 Å². The molecular formula is C14H13BrO3. The van der Waals surface area contributed by atoms with E-state index in [4.69, 9.17) is 9.47 Å². The highest BCUT2D eigenvalue weighted by atomic mass is 79.9. The monoisotopic (exact) mass is 308 g/mol. The van der Waals surface area contributed by atoms with Crippen molar-refractivity contribution in [3.8, 4) is 11.5 Å². The number of benzene rings is 2. The van der Waals surface area contributed by atoms with E-state index < -0.39 is 0 Å². The van der Waals surface area contributed by atoms with Crippen molar-refractivity contribution in [3.63, 3.8) is 0 Å². The number of rotatable bonds is 2. The van der Waals surface area contributed by atoms with Crippen molar-refractivity contribution < 1.29 is 14.6 Å². The van der Waals surface area contributed by atoms with Gasteiger partial charge in [0.15, 0.2) is 0 Å². The van der Waals surface area contributed by atoms with Crippen molar-refractivity contribution in [1.29, 1.82) is 0 Å². The van der Waals surface area contributed by atoms with E-state index in [1.807, 2.05) is 31.2 Å². The number of aromatic hydroxyl groups is 1. The molecule has 18 heavy (non-hydrogen) atoms. The van der Waals surface area contributed by atoms with Crippen LogP contribution >= 0.6 is 15.9 Å². The topological polar surface area (TPSA) is 38.7 Å². The zero-order valence-corrected chi connectivity index (χ0v) is 11.5. The minimum absolute atomic E-state index is 0.258. The molecule has 1 aliphatic heterocycles. The lowest BCUT2D eigenvalue weighted by Gasteiger charge is -2.11. The van der Waals surface area contributed by atoms with Crippen LogP contribution in [0.3, 0.4) is 0 Å². The second-order valence-corrected chi connectivity index (χ2v) is 5.02. The molecule has 1 heterocycles. The Balaban J connectivity index is 2.21. The molecule has 1 N–H and O–H groups in total. The van der Waals surface area contributed by atoms with Crippen LogP contribution in [0.4, 0.5) is 0 Å². The number of hydrogen-bond donors (Lipinski definition) is 1. The Morgan fingerprint density at radius 1 is 1.39 bits per heavy atom. The fraction of sp³-hybridized carbons (Fsp3) is 0.286. The quantitative estimate of drug-likeness (QED) is 0.921. The number of hydrogen-bond acceptors (Lipinski definition) is 3. The zero-order valence-electron chi connectivity index (χ0n) is 9.94. The first-order chi connectivity index (χ1) is 8.72. The lowest BCUT2D eigenvalue weighted by atomic mass is 10.0. The molecule has 0 bridgehead atoms. The van der Waals surface area contributed by atoms with E-state index >= 15 is 0 Å². The molecule has 1 unspecified atom stereocenters. The summed E-state index contributed by atoms with van der Waals surface area (Å²) in [6.45, 7) is 2.55. The molecule has 0 amide bonds. The predicted molar refractivity (Wildman–Crippen MR) is 73.1 cm³/mol. The van der Waals surface area contributed by atoms with Crippen LogP contribution in [0.15, 0.2) is 28.7 Å². The SMILES string of the molecule is CCOC1Cc2c(Br)c(O)c3ccccc3c2O1. The van der Waals surface area contributed by atoms with Crippen molar-refractivity contribution in [1.82, 2.24) is 0 Å². The molecule has 2 aromatic carbocycles. The van der Waals surface area contributed by atoms with Gasteiger partial charge < -0.3 is 14.6 Å². The Hall–Kier alpha value is -1.26. The summed E-state index contributed by atoms with van der Waals surface area (Å²) < 4.78 is 12.0. The van der Waals surface area contributed by atoms with Crippen molar-refractivity contribution in [2.45, 2.75) is 19.6 Å². The Kier molecular flexibility index (Phi) is 2.92. The van der Waals surface area contributed by atoms with Crippen LogP contribution in [0.2, 0.25) is 0 Å². The molecule has 0 fully saturated rings. The summed E-state index contributed by atoms with van der Waals surface area (Å²) in [5, 5.41) is 11.9. The Bertz CT molecular complexity index is 610. The van der Waals surface area contributed by atoms with Crippen molar-refractivity contribution >= 4 is 26.7 Å². The van der Waals surface area contributed by atoms with Crippen LogP contribution in [0.5, 0.6) is 11.5 Å². The van der Waals surface area contributed by atoms with Gasteiger partial charge in [0.05, 0.1) is 4.47 Å². The normalized spacial score (nSPS) is 17.8. The van der Waals surface area contributed by atoms with Crippen LogP contribution in [0.25, 0.3) is 10.8 Å². The third-order valence-electron chi connectivity index (χ3n) is 3.15. The second kappa shape index (κ2) is 4.44. The lowest BCUT2D eigenvalue weighted by Crippen LogP contribution is -2.17. The van der Waals surface area contributed by atoms with Crippen LogP contribution in [0, 0.1) is 0 Å². The maximum Gasteiger partial charge on any atom is 0.204 e. The molecule has 0 saturated heterocycles. The summed E-state index contributed by atoms with van der Waals surface area (Å²) >= 11 is 3.45. The molecule has 3 nitrogen and oxygen atoms in total. The molecule has 0 aromatic heterocycles. The van der Waals surface area contributed by atoms with Crippen molar-refractivity contribution in [2.24, 2.45) is 0 Å². The van der Waals surface area contributed by atoms with Gasteiger partial charge in [-0.3, -0.25) is 0 Å². The van der Waals surface area contributed by atoms with E-state index in [1.54, 1.807) is 0 Å². The molecule has 2 aromatic rings. The zero-order chi connectivity index (χ0) is 12.7. The third kappa shape index (κ3) is 1.68. The summed E-state index contributed by atoms with van der Waals surface area (Å²) in [4.78, 5) is 0. The van der Waals surface area contributed by atoms with Gasteiger partial charge in [-0.1, -0.05) is 24.3 Å². The van der Waals surface area contributed by atoms with E-state index in [-0.39, 0.29) is 12.0 Å². The highest BCUT2D eigenvalue weighted by Gasteiger charge is 2.29. The fourth-order valence-corrected chi connectivity index (χ4v) is 2.90. The number of halogens is 1. The molecule has 0 saturated carbocycles. The molecule has 4 heteroatoms. The molecular weight excluding hydrogens is 296 g/mol. The summed E-state index contributed by atoms with van der Waals surface area (Å²) in [6, 6.07) is 7.67. The standard InChI is InChI=1S/C14H13BrO3/c1-2-17-11-7-10-12(15)13(16)8-5-3-4-6-9(8)14(10)18-11/h3-6,11,16H,2,7H2,1H3. The molecule has 3 rings (SSSR count). The summed E-state index contributed by atoms with van der Waals surface area (Å²) in [6.07, 6.45) is 0.397. The first kappa shape index (κ1) is 11.8. The summed E-state index contributed by atoms with van der Waals surface area (Å²) in [5.41, 5.74) is 0.977. The fourth-order valence-electron chi connectivity index (χ4n) is 2.35. The minimum Gasteiger partial charge on any atom is -0.506 e. The van der Waals surface area contributed by atoms with Gasteiger partial charge in [-0.2, -0.15) is 0 Å². The van der Waals surface area contributed by atoms with Crippen LogP contribution in [-0.4, -0.2) is 18.0 Å². The van der Waals surface area contributed by atoms with Gasteiger partial charge in [0.2, 0.25) is 6.29 Å². The van der Waals surface area contributed by atoms with E-state index in [0.29, 0.717) is 17.5 Å². The van der Waals surface area contributed by atoms with E-state index in [2.05, 4.69) is 15.9 Å². The van der Waals surface area contributed by atoms with Gasteiger partial charge in [0, 0.05) is 29.4 Å². The van der Waals surface area contributed by atoms with Crippen molar-refractivity contribution in [3.05, 3.63) is 34.3 Å². The molecule has 1 atom stereocenters. The first-order valence-electron chi connectivity index (χ1n) is 5.92. The lowest BCUT2D eigenvalue weighted by molar-refractivity contribution is -0.0596. The van der Waals surface area contributed by atoms with Gasteiger partial charge >= 0.3 is 0 Å². The van der Waals surface area contributed by atoms with Crippen LogP contribution < -0.4 is 4.74 Å². The summed E-state index contributed by atoms with van der Waals surface area (Å²) in [5.74, 6) is 1.08. The van der Waals surface area contributed by atoms with Crippen LogP contribution in [0.1, 0.15) is 12.5 Å². The Morgan fingerprint density at radius 2 is 2.11 bits per heavy atom. The van der Waals surface area contributed by atoms with E-state index in [9.17, 15) is 5.11 Å². The number of fused-ring (bicyclic) bond motifs is 3. The molecule has 0 spiro atoms. The maximum absolute atomic E-state index is 10.2. The van der Waals surface area contributed by atoms with Gasteiger partial charge in [-0.15, -0.1) is 0 Å². The molecule has 1 aliphatic rings. The van der Waals surface area contributed by atoms with Gasteiger partial charge in [0.1, 0.15) is 11.5 Å². The van der Waals surface area contributed by atoms with Gasteiger partial charge in [0.25, 0.3) is 0 Å². The number of phenolic OH excluding ortho intramolecular Hbond substituents is 1. The Labute approximate surface area is 113 Å². The second-order valence-electron chi connectivity index (χ2n) is 4.22. The smallest absolute Gasteiger partial charge is 0.204 e. The van der Waals surface area contributed by atoms with Gasteiger partial charge in [-0.05, 0) is 22.9 Å². The Morgan fingerprint density at radius 3 is 2.83 bits per heavy atom. The average Bonchev–Trinajstić information content (AvgIpc) is 2.81. The number of phenols is 1. The molecule has 0 radical (unpaired) electrons. The largest absolute Gasteiger partial charge is 0.506 e.